The van der Waals surface area contributed by atoms with Crippen LogP contribution >= 0.6 is 0 Å². The van der Waals surface area contributed by atoms with E-state index in [1.807, 2.05) is 19.0 Å². The third kappa shape index (κ3) is 6.21. The molecule has 77 valence electrons. The van der Waals surface area contributed by atoms with Crippen molar-refractivity contribution in [3.8, 4) is 0 Å². The van der Waals surface area contributed by atoms with Crippen LogP contribution in [0.2, 0.25) is 0 Å². The van der Waals surface area contributed by atoms with Crippen molar-refractivity contribution in [2.75, 3.05) is 20.6 Å². The van der Waals surface area contributed by atoms with Gasteiger partial charge in [-0.25, -0.2) is 4.39 Å². The van der Waals surface area contributed by atoms with Crippen LogP contribution in [0, 0.1) is 6.42 Å². The number of hydrogen-bond donors (Lipinski definition) is 0. The van der Waals surface area contributed by atoms with Crippen LogP contribution in [0.1, 0.15) is 0 Å². The molecular weight excluding hydrogens is 283 g/mol. The van der Waals surface area contributed by atoms with Crippen LogP contribution in [0.15, 0.2) is 29.3 Å². The molecule has 0 saturated carbocycles. The molecule has 0 fully saturated rings. The topological polar surface area (TPSA) is 3.24 Å². The van der Waals surface area contributed by atoms with Crippen molar-refractivity contribution in [1.82, 2.24) is 4.90 Å². The molecule has 0 saturated heterocycles. The Bertz CT molecular complexity index is 242. The summed E-state index contributed by atoms with van der Waals surface area (Å²) < 4.78 is 12.6. The number of halogens is 2. The first kappa shape index (κ1) is 15.6. The Labute approximate surface area is 98.4 Å². The second kappa shape index (κ2) is 7.50. The fourth-order valence-corrected chi connectivity index (χ4v) is 0.917. The average molecular weight is 294 g/mol. The summed E-state index contributed by atoms with van der Waals surface area (Å²) in [5.41, 5.74) is 3.84. The molecule has 1 rings (SSSR count). The quantitative estimate of drug-likeness (QED) is 0.452. The standard InChI is InChI=1S/C9H11FN.ClH.Pd/c1-11(2)7-8-4-3-5-9(10)6-8;;/h3,5-6H,7H2,1-2H3;1H;/p-1. The van der Waals surface area contributed by atoms with E-state index in [0.29, 0.717) is 0 Å². The molecule has 4 heteroatoms. The van der Waals surface area contributed by atoms with Crippen LogP contribution in [0.3, 0.4) is 0 Å². The Hall–Kier alpha value is 0.102. The summed E-state index contributed by atoms with van der Waals surface area (Å²) in [6.07, 6.45) is 4.51. The van der Waals surface area contributed by atoms with Crippen LogP contribution in [-0.4, -0.2) is 25.5 Å². The van der Waals surface area contributed by atoms with E-state index >= 15 is 0 Å². The van der Waals surface area contributed by atoms with Gasteiger partial charge in [-0.3, -0.25) is 0 Å². The van der Waals surface area contributed by atoms with Gasteiger partial charge in [0.1, 0.15) is 5.83 Å². The first-order valence-electron chi connectivity index (χ1n) is 3.49. The minimum Gasteiger partial charge on any atom is -1.00 e. The summed E-state index contributed by atoms with van der Waals surface area (Å²) in [6.45, 7) is 0.734. The van der Waals surface area contributed by atoms with Gasteiger partial charge >= 0.3 is 0 Å². The molecule has 0 amide bonds. The van der Waals surface area contributed by atoms with E-state index < -0.39 is 0 Å². The smallest absolute Gasteiger partial charge is 0.109 e. The largest absolute Gasteiger partial charge is 1.00 e. The van der Waals surface area contributed by atoms with Crippen LogP contribution in [0.25, 0.3) is 0 Å². The maximum atomic E-state index is 12.6. The average Bonchev–Trinajstić information content (AvgIpc) is 1.85. The SMILES string of the molecule is CN(C)CC1=C=CC=C(F)[CH]1.[Cl-].[Pd]. The van der Waals surface area contributed by atoms with E-state index in [1.165, 1.54) is 12.5 Å². The minimum absolute atomic E-state index is 0. The molecular formula is C9H11ClFNPd-. The van der Waals surface area contributed by atoms with Gasteiger partial charge in [0.15, 0.2) is 0 Å². The molecule has 0 aromatic rings. The van der Waals surface area contributed by atoms with Crippen LogP contribution in [-0.2, 0) is 20.4 Å². The number of nitrogens with zero attached hydrogens (tertiary/aromatic N) is 1. The molecule has 0 heterocycles. The molecule has 0 aromatic carbocycles. The van der Waals surface area contributed by atoms with Gasteiger partial charge in [-0.2, -0.15) is 0 Å². The Morgan fingerprint density at radius 3 is 2.54 bits per heavy atom. The van der Waals surface area contributed by atoms with E-state index in [0.717, 1.165) is 12.1 Å². The first-order valence-corrected chi connectivity index (χ1v) is 3.49. The van der Waals surface area contributed by atoms with Crippen molar-refractivity contribution in [3.05, 3.63) is 35.7 Å². The zero-order valence-electron chi connectivity index (χ0n) is 7.46. The van der Waals surface area contributed by atoms with Crippen molar-refractivity contribution < 1.29 is 37.2 Å². The Balaban J connectivity index is 0. The molecule has 0 unspecified atom stereocenters. The second-order valence-electron chi connectivity index (χ2n) is 2.77. The van der Waals surface area contributed by atoms with Gasteiger partial charge in [-0.05, 0) is 31.8 Å². The summed E-state index contributed by atoms with van der Waals surface area (Å²) in [6, 6.07) is 0. The summed E-state index contributed by atoms with van der Waals surface area (Å²) in [5, 5.41) is 0. The molecule has 0 N–H and O–H groups in total. The van der Waals surface area contributed by atoms with E-state index in [1.54, 1.807) is 6.08 Å². The number of hydrogen-bond acceptors (Lipinski definition) is 1. The molecule has 1 aliphatic rings. The van der Waals surface area contributed by atoms with Gasteiger partial charge in [-0.1, -0.05) is 0 Å². The zero-order chi connectivity index (χ0) is 8.27. The van der Waals surface area contributed by atoms with Crippen molar-refractivity contribution in [1.29, 1.82) is 0 Å². The normalized spacial score (nSPS) is 14.2. The maximum Gasteiger partial charge on any atom is 0.109 e. The van der Waals surface area contributed by atoms with Gasteiger partial charge in [0.05, 0.1) is 6.42 Å². The van der Waals surface area contributed by atoms with Crippen LogP contribution < -0.4 is 12.4 Å². The van der Waals surface area contributed by atoms with E-state index in [-0.39, 0.29) is 38.7 Å². The van der Waals surface area contributed by atoms with Gasteiger partial charge in [0, 0.05) is 27.0 Å². The number of allylic oxidation sites excluding steroid dienone is 2. The van der Waals surface area contributed by atoms with Crippen molar-refractivity contribution in [3.63, 3.8) is 0 Å². The van der Waals surface area contributed by atoms with Crippen LogP contribution in [0.4, 0.5) is 4.39 Å². The molecule has 13 heavy (non-hydrogen) atoms. The van der Waals surface area contributed by atoms with Gasteiger partial charge in [0.2, 0.25) is 0 Å². The summed E-state index contributed by atoms with van der Waals surface area (Å²) in [5.74, 6) is -0.194. The monoisotopic (exact) mass is 293 g/mol. The van der Waals surface area contributed by atoms with Crippen LogP contribution in [0.5, 0.6) is 0 Å². The molecule has 1 aliphatic carbocycles. The second-order valence-corrected chi connectivity index (χ2v) is 2.77. The fraction of sp³-hybridized carbons (Fsp3) is 0.333. The third-order valence-electron chi connectivity index (χ3n) is 1.31. The summed E-state index contributed by atoms with van der Waals surface area (Å²) in [4.78, 5) is 1.98. The van der Waals surface area contributed by atoms with Crippen molar-refractivity contribution in [2.24, 2.45) is 0 Å². The zero-order valence-corrected chi connectivity index (χ0v) is 9.77. The molecule has 0 spiro atoms. The molecule has 0 bridgehead atoms. The number of rotatable bonds is 2. The molecule has 0 aliphatic heterocycles. The van der Waals surface area contributed by atoms with Crippen molar-refractivity contribution >= 4 is 0 Å². The summed E-state index contributed by atoms with van der Waals surface area (Å²) >= 11 is 0. The predicted molar refractivity (Wildman–Crippen MR) is 43.6 cm³/mol. The predicted octanol–water partition coefficient (Wildman–Crippen LogP) is -1.30. The molecule has 0 aromatic heterocycles. The van der Waals surface area contributed by atoms with Gasteiger partial charge in [0.25, 0.3) is 0 Å². The number of likely N-dealkylation sites (N-methyl/N-ethyl adjacent to an activating group) is 1. The molecule has 1 nitrogen and oxygen atoms in total. The van der Waals surface area contributed by atoms with E-state index in [9.17, 15) is 4.39 Å². The molecule has 0 atom stereocenters. The third-order valence-corrected chi connectivity index (χ3v) is 1.31. The Kier molecular flexibility index (Phi) is 8.98. The van der Waals surface area contributed by atoms with E-state index in [4.69, 9.17) is 0 Å². The maximum absolute atomic E-state index is 12.6. The van der Waals surface area contributed by atoms with E-state index in [2.05, 4.69) is 5.73 Å². The summed E-state index contributed by atoms with van der Waals surface area (Å²) in [7, 11) is 3.89. The van der Waals surface area contributed by atoms with Gasteiger partial charge < -0.3 is 17.3 Å². The first-order chi connectivity index (χ1) is 5.18. The van der Waals surface area contributed by atoms with Gasteiger partial charge in [-0.15, -0.1) is 5.73 Å². The minimum atomic E-state index is -0.194. The Morgan fingerprint density at radius 1 is 1.46 bits per heavy atom. The fourth-order valence-electron chi connectivity index (χ4n) is 0.917. The molecule has 1 radical (unpaired) electrons. The Morgan fingerprint density at radius 2 is 2.08 bits per heavy atom. The van der Waals surface area contributed by atoms with Crippen molar-refractivity contribution in [2.45, 2.75) is 0 Å².